The Kier molecular flexibility index (Phi) is 17.2. The van der Waals surface area contributed by atoms with E-state index >= 15 is 0 Å². The van der Waals surface area contributed by atoms with Crippen LogP contribution in [0.25, 0.3) is 155 Å². The number of aromatic nitrogens is 2. The Morgan fingerprint density at radius 3 is 0.652 bits per heavy atom. The van der Waals surface area contributed by atoms with Crippen molar-refractivity contribution in [1.29, 1.82) is 0 Å². The molecule has 0 amide bonds. The number of nitrogens with zero attached hydrogens (tertiary/aromatic N) is 4. The highest BCUT2D eigenvalue weighted by Gasteiger charge is 2.25. The van der Waals surface area contributed by atoms with Crippen molar-refractivity contribution in [2.45, 2.75) is 0 Å². The molecule has 0 bridgehead atoms. The number of hydrogen-bond donors (Lipinski definition) is 0. The SMILES string of the molecule is c1ccc(-c2ccc(-c3ccc(N(c4ccc(-c5ccccc5)cc4)c4ccc(-c5cccc6c5oc5c7ccccc7n(-c7ccccc7)c65)cc4)cc3)cc2)cc1.c1ccc(-c2ccc(N(c3ccc(-c4ccccc4)cc3)c3ccc(-c4cccc5c4oc4c6ccccc6n(-c6ccccc6)c54)cc3)cc2)cc1. The van der Waals surface area contributed by atoms with Gasteiger partial charge in [-0.05, 0) is 200 Å². The van der Waals surface area contributed by atoms with E-state index < -0.39 is 0 Å². The van der Waals surface area contributed by atoms with Gasteiger partial charge in [0.05, 0.1) is 11.0 Å². The van der Waals surface area contributed by atoms with Gasteiger partial charge in [0.2, 0.25) is 0 Å². The van der Waals surface area contributed by atoms with Crippen LogP contribution in [0, 0.1) is 0 Å². The molecule has 0 unspecified atom stereocenters. The normalized spacial score (nSPS) is 11.4. The molecule has 528 valence electrons. The fourth-order valence-corrected chi connectivity index (χ4v) is 16.2. The van der Waals surface area contributed by atoms with Crippen molar-refractivity contribution in [3.05, 3.63) is 437 Å². The van der Waals surface area contributed by atoms with Crippen molar-refractivity contribution >= 4 is 100 Å². The standard InChI is InChI=1S/C56H38N2O.C50H34N2O/c1-4-13-39(14-5-1)41-23-25-42(26-24-41)44-29-35-48(36-30-44)57(47-33-27-43(28-34-47)40-15-6-2-7-16-40)49-37-31-45(32-38-49)50-20-12-21-52-54-56(59-55(50)52)51-19-10-11-22-53(51)58(54)46-17-8-3-9-18-46;1-4-13-35(14-5-1)37-23-29-41(30-24-37)51(42-31-25-38(26-32-42)36-15-6-2-7-16-36)43-33-27-39(28-34-43)44-20-12-21-46-48-50(53-49(44)46)45-19-10-11-22-47(45)52(48)40-17-8-3-9-18-40/h1-38H;1-34H. The summed E-state index contributed by atoms with van der Waals surface area (Å²) in [5.74, 6) is 0. The van der Waals surface area contributed by atoms with E-state index in [1.165, 1.54) is 55.6 Å². The molecule has 0 fully saturated rings. The van der Waals surface area contributed by atoms with Crippen LogP contribution in [0.5, 0.6) is 0 Å². The Morgan fingerprint density at radius 1 is 0.161 bits per heavy atom. The van der Waals surface area contributed by atoms with Gasteiger partial charge in [0, 0.05) is 78.2 Å². The van der Waals surface area contributed by atoms with Gasteiger partial charge < -0.3 is 27.8 Å². The van der Waals surface area contributed by atoms with Crippen molar-refractivity contribution in [1.82, 2.24) is 9.13 Å². The summed E-state index contributed by atoms with van der Waals surface area (Å²) in [4.78, 5) is 4.65. The van der Waals surface area contributed by atoms with Crippen molar-refractivity contribution < 1.29 is 8.83 Å². The topological polar surface area (TPSA) is 42.6 Å². The van der Waals surface area contributed by atoms with E-state index in [2.05, 4.69) is 456 Å². The summed E-state index contributed by atoms with van der Waals surface area (Å²) in [6.07, 6.45) is 0. The molecular weight excluding hydrogens is 1360 g/mol. The van der Waals surface area contributed by atoms with Gasteiger partial charge >= 0.3 is 0 Å². The number of anilines is 6. The van der Waals surface area contributed by atoms with E-state index in [1.54, 1.807) is 0 Å². The number of para-hydroxylation sites is 6. The van der Waals surface area contributed by atoms with Gasteiger partial charge in [0.1, 0.15) is 22.2 Å². The molecule has 112 heavy (non-hydrogen) atoms. The first kappa shape index (κ1) is 66.5. The number of benzene rings is 17. The van der Waals surface area contributed by atoms with Gasteiger partial charge in [-0.15, -0.1) is 0 Å². The van der Waals surface area contributed by atoms with Crippen molar-refractivity contribution in [3.8, 4) is 89.3 Å². The van der Waals surface area contributed by atoms with Gasteiger partial charge in [-0.1, -0.05) is 303 Å². The van der Waals surface area contributed by atoms with Crippen molar-refractivity contribution in [3.63, 3.8) is 0 Å². The molecule has 17 aromatic carbocycles. The summed E-state index contributed by atoms with van der Waals surface area (Å²) >= 11 is 0. The molecule has 0 radical (unpaired) electrons. The molecule has 0 saturated carbocycles. The molecule has 6 nitrogen and oxygen atoms in total. The number of rotatable bonds is 15. The van der Waals surface area contributed by atoms with Crippen LogP contribution in [0.3, 0.4) is 0 Å². The third-order valence-electron chi connectivity index (χ3n) is 21.7. The number of fused-ring (bicyclic) bond motifs is 10. The zero-order valence-corrected chi connectivity index (χ0v) is 61.2. The smallest absolute Gasteiger partial charge is 0.161 e. The van der Waals surface area contributed by atoms with E-state index in [0.717, 1.165) is 134 Å². The highest BCUT2D eigenvalue weighted by atomic mass is 16.3. The Morgan fingerprint density at radius 2 is 0.375 bits per heavy atom. The summed E-state index contributed by atoms with van der Waals surface area (Å²) in [6.45, 7) is 0. The van der Waals surface area contributed by atoms with Crippen LogP contribution in [-0.2, 0) is 0 Å². The largest absolute Gasteiger partial charge is 0.453 e. The molecule has 6 heteroatoms. The van der Waals surface area contributed by atoms with Gasteiger partial charge in [-0.3, -0.25) is 0 Å². The number of hydrogen-bond acceptors (Lipinski definition) is 4. The molecule has 0 aliphatic rings. The average molecular weight is 1430 g/mol. The van der Waals surface area contributed by atoms with E-state index in [4.69, 9.17) is 8.83 Å². The quantitative estimate of drug-likeness (QED) is 0.103. The Labute approximate surface area is 649 Å². The van der Waals surface area contributed by atoms with Crippen LogP contribution in [0.15, 0.2) is 446 Å². The fourth-order valence-electron chi connectivity index (χ4n) is 16.2. The lowest BCUT2D eigenvalue weighted by Gasteiger charge is -2.26. The molecule has 21 rings (SSSR count). The molecule has 0 aliphatic carbocycles. The summed E-state index contributed by atoms with van der Waals surface area (Å²) in [7, 11) is 0. The maximum absolute atomic E-state index is 6.86. The molecule has 0 atom stereocenters. The van der Waals surface area contributed by atoms with E-state index in [0.29, 0.717) is 0 Å². The monoisotopic (exact) mass is 1430 g/mol. The van der Waals surface area contributed by atoms with Gasteiger partial charge in [0.15, 0.2) is 11.2 Å². The van der Waals surface area contributed by atoms with E-state index in [9.17, 15) is 0 Å². The minimum Gasteiger partial charge on any atom is -0.453 e. The molecule has 4 aromatic heterocycles. The lowest BCUT2D eigenvalue weighted by molar-refractivity contribution is 0.673. The van der Waals surface area contributed by atoms with E-state index in [-0.39, 0.29) is 0 Å². The second-order valence-corrected chi connectivity index (χ2v) is 28.3. The predicted molar refractivity (Wildman–Crippen MR) is 469 cm³/mol. The second-order valence-electron chi connectivity index (χ2n) is 28.3. The first-order valence-corrected chi connectivity index (χ1v) is 38.1. The zero-order chi connectivity index (χ0) is 74.3. The molecule has 0 aliphatic heterocycles. The highest BCUT2D eigenvalue weighted by Crippen LogP contribution is 2.47. The third kappa shape index (κ3) is 12.3. The highest BCUT2D eigenvalue weighted by molar-refractivity contribution is 6.20. The van der Waals surface area contributed by atoms with E-state index in [1.807, 2.05) is 0 Å². The molecule has 0 spiro atoms. The maximum Gasteiger partial charge on any atom is 0.161 e. The van der Waals surface area contributed by atoms with Crippen LogP contribution in [0.1, 0.15) is 0 Å². The minimum absolute atomic E-state index is 0.890. The first-order valence-electron chi connectivity index (χ1n) is 38.1. The fraction of sp³-hybridized carbons (Fsp3) is 0. The molecule has 0 saturated heterocycles. The first-order chi connectivity index (χ1) is 55.6. The molecule has 0 N–H and O–H groups in total. The van der Waals surface area contributed by atoms with Crippen LogP contribution in [0.2, 0.25) is 0 Å². The Balaban J connectivity index is 0.000000147. The van der Waals surface area contributed by atoms with Crippen LogP contribution >= 0.6 is 0 Å². The van der Waals surface area contributed by atoms with Crippen LogP contribution in [0.4, 0.5) is 34.1 Å². The lowest BCUT2D eigenvalue weighted by atomic mass is 10.00. The average Bonchev–Trinajstić information content (AvgIpc) is 1.56. The van der Waals surface area contributed by atoms with Crippen molar-refractivity contribution in [2.24, 2.45) is 0 Å². The third-order valence-corrected chi connectivity index (χ3v) is 21.7. The Hall–Kier alpha value is -15.0. The predicted octanol–water partition coefficient (Wildman–Crippen LogP) is 29.7. The van der Waals surface area contributed by atoms with Crippen LogP contribution < -0.4 is 9.80 Å². The van der Waals surface area contributed by atoms with Gasteiger partial charge in [0.25, 0.3) is 0 Å². The Bertz CT molecular complexity index is 6800. The summed E-state index contributed by atoms with van der Waals surface area (Å²) in [6, 6.07) is 155. The molecule has 4 heterocycles. The minimum atomic E-state index is 0.890. The van der Waals surface area contributed by atoms with Gasteiger partial charge in [-0.2, -0.15) is 0 Å². The summed E-state index contributed by atoms with van der Waals surface area (Å²) in [5, 5.41) is 4.40. The second kappa shape index (κ2) is 29.0. The zero-order valence-electron chi connectivity index (χ0n) is 61.2. The maximum atomic E-state index is 6.86. The summed E-state index contributed by atoms with van der Waals surface area (Å²) < 4.78 is 18.4. The number of furan rings is 2. The van der Waals surface area contributed by atoms with Crippen molar-refractivity contribution in [2.75, 3.05) is 9.80 Å². The van der Waals surface area contributed by atoms with Gasteiger partial charge in [-0.25, -0.2) is 0 Å². The summed E-state index contributed by atoms with van der Waals surface area (Å²) in [5.41, 5.74) is 33.1. The van der Waals surface area contributed by atoms with Crippen LogP contribution in [-0.4, -0.2) is 9.13 Å². The molecular formula is C106H72N4O2. The lowest BCUT2D eigenvalue weighted by Crippen LogP contribution is -2.09. The molecule has 21 aromatic rings.